The number of anilines is 1. The molecule has 9 nitrogen and oxygen atoms in total. The van der Waals surface area contributed by atoms with Gasteiger partial charge in [0.05, 0.1) is 23.8 Å². The van der Waals surface area contributed by atoms with Gasteiger partial charge >= 0.3 is 12.1 Å². The summed E-state index contributed by atoms with van der Waals surface area (Å²) in [5.41, 5.74) is 2.09. The molecule has 1 spiro atoms. The third-order valence-corrected chi connectivity index (χ3v) is 10.6. The predicted molar refractivity (Wildman–Crippen MR) is 178 cm³/mol. The summed E-state index contributed by atoms with van der Waals surface area (Å²) < 4.78 is 56.8. The number of hydrogen-bond donors (Lipinski definition) is 3. The zero-order valence-electron chi connectivity index (χ0n) is 27.2. The molecule has 3 N–H and O–H groups in total. The van der Waals surface area contributed by atoms with Gasteiger partial charge in [-0.15, -0.1) is 0 Å². The molecule has 0 amide bonds. The number of nitrogens with zero attached hydrogens (tertiary/aromatic N) is 3. The summed E-state index contributed by atoms with van der Waals surface area (Å²) in [4.78, 5) is 23.5. The molecule has 3 aromatic rings. The van der Waals surface area contributed by atoms with Gasteiger partial charge in [-0.2, -0.15) is 18.2 Å². The maximum atomic E-state index is 14.1. The Bertz CT molecular complexity index is 1660. The van der Waals surface area contributed by atoms with Crippen molar-refractivity contribution in [1.29, 1.82) is 0 Å². The van der Waals surface area contributed by atoms with E-state index in [4.69, 9.17) is 14.5 Å². The maximum absolute atomic E-state index is 14.1. The summed E-state index contributed by atoms with van der Waals surface area (Å²) in [6.45, 7) is 9.55. The molecule has 1 unspecified atom stereocenters. The number of nitrogens with one attached hydrogen (secondary N) is 2. The Morgan fingerprint density at radius 2 is 1.81 bits per heavy atom. The topological polar surface area (TPSA) is 109 Å². The first-order valence-corrected chi connectivity index (χ1v) is 16.8. The fourth-order valence-corrected chi connectivity index (χ4v) is 7.66. The van der Waals surface area contributed by atoms with Gasteiger partial charge in [-0.25, -0.2) is 9.78 Å². The molecule has 1 aliphatic heterocycles. The van der Waals surface area contributed by atoms with Crippen LogP contribution in [0.3, 0.4) is 0 Å². The Morgan fingerprint density at radius 1 is 1.12 bits per heavy atom. The molecule has 2 aliphatic carbocycles. The number of carboxylic acid groups (broad SMARTS) is 1. The van der Waals surface area contributed by atoms with Crippen LogP contribution in [-0.4, -0.2) is 71.0 Å². The highest BCUT2D eigenvalue weighted by molar-refractivity contribution is 8.00. The van der Waals surface area contributed by atoms with Crippen LogP contribution < -0.4 is 14.8 Å². The molecule has 1 saturated heterocycles. The Kier molecular flexibility index (Phi) is 9.29. The van der Waals surface area contributed by atoms with Crippen LogP contribution in [0, 0.1) is 24.7 Å². The predicted octanol–water partition coefficient (Wildman–Crippen LogP) is 7.23. The average Bonchev–Trinajstić information content (AvgIpc) is 3.80. The van der Waals surface area contributed by atoms with Crippen molar-refractivity contribution in [1.82, 2.24) is 20.2 Å². The zero-order chi connectivity index (χ0) is 34.3. The van der Waals surface area contributed by atoms with Gasteiger partial charge in [-0.05, 0) is 93.8 Å². The number of ether oxygens (including phenoxy) is 2. The molecule has 48 heavy (non-hydrogen) atoms. The molecule has 2 saturated carbocycles. The molecule has 2 heterocycles. The third-order valence-electron chi connectivity index (χ3n) is 9.78. The Labute approximate surface area is 282 Å². The number of carboxylic acids is 1. The highest BCUT2D eigenvalue weighted by Gasteiger charge is 2.63. The summed E-state index contributed by atoms with van der Waals surface area (Å²) in [6.07, 6.45) is -2.36. The first-order valence-electron chi connectivity index (χ1n) is 15.9. The normalized spacial score (nSPS) is 18.4. The Hall–Kier alpha value is -3.97. The van der Waals surface area contributed by atoms with E-state index in [0.29, 0.717) is 16.5 Å². The number of aromatic carboxylic acids is 1. The van der Waals surface area contributed by atoms with Crippen molar-refractivity contribution >= 4 is 23.9 Å². The number of methoxy groups -OCH3 is 1. The molecule has 2 aromatic carbocycles. The number of carbonyl (C=O) groups is 1. The molecular weight excluding hydrogens is 643 g/mol. The standard InChI is InChI=1S/C35H40F3N5O4S/c1-21-7-5-8-22(2)30(21)28-14-29(41-32(40-28)42-48-27-10-6-9-24(13-27)31(44)45)47-18-26(17-34(11-12-34)35(36,37)38)39-25-15-33(16-25)19-43(20-33)23(3)46-4/h5-10,13-14,25-26,39H,3,11-12,15-20H2,1-2,4H3,(H,44,45)(H,40,41,42). The summed E-state index contributed by atoms with van der Waals surface area (Å²) in [6, 6.07) is 13.7. The van der Waals surface area contributed by atoms with E-state index in [1.165, 1.54) is 12.1 Å². The number of aryl methyl sites for hydroxylation is 2. The molecule has 3 aliphatic rings. The lowest BCUT2D eigenvalue weighted by molar-refractivity contribution is -0.191. The van der Waals surface area contributed by atoms with Gasteiger partial charge in [0.25, 0.3) is 0 Å². The lowest BCUT2D eigenvalue weighted by atomic mass is 9.60. The lowest BCUT2D eigenvalue weighted by Gasteiger charge is -2.60. The van der Waals surface area contributed by atoms with Crippen LogP contribution in [-0.2, 0) is 4.74 Å². The van der Waals surface area contributed by atoms with Crippen LogP contribution in [0.1, 0.15) is 53.6 Å². The fourth-order valence-electron chi connectivity index (χ4n) is 7.03. The van der Waals surface area contributed by atoms with Crippen molar-refractivity contribution < 1.29 is 32.5 Å². The Balaban J connectivity index is 1.20. The first-order chi connectivity index (χ1) is 22.8. The summed E-state index contributed by atoms with van der Waals surface area (Å²) in [5, 5.41) is 12.9. The van der Waals surface area contributed by atoms with Crippen LogP contribution in [0.5, 0.6) is 5.88 Å². The number of rotatable bonds is 14. The minimum atomic E-state index is -4.28. The van der Waals surface area contributed by atoms with E-state index in [-0.39, 0.29) is 54.7 Å². The van der Waals surface area contributed by atoms with Crippen LogP contribution in [0.4, 0.5) is 19.1 Å². The number of likely N-dealkylation sites (tertiary alicyclic amines) is 1. The van der Waals surface area contributed by atoms with Gasteiger partial charge in [0.1, 0.15) is 6.61 Å². The molecule has 0 bridgehead atoms. The van der Waals surface area contributed by atoms with Gasteiger partial charge in [-0.3, -0.25) is 4.72 Å². The molecule has 0 radical (unpaired) electrons. The summed E-state index contributed by atoms with van der Waals surface area (Å²) in [5.74, 6) is 0.0519. The Morgan fingerprint density at radius 3 is 2.44 bits per heavy atom. The van der Waals surface area contributed by atoms with E-state index in [9.17, 15) is 23.1 Å². The minimum absolute atomic E-state index is 0.00435. The monoisotopic (exact) mass is 683 g/mol. The average molecular weight is 684 g/mol. The second kappa shape index (κ2) is 13.1. The largest absolute Gasteiger partial charge is 0.483 e. The number of benzene rings is 2. The van der Waals surface area contributed by atoms with E-state index < -0.39 is 23.6 Å². The van der Waals surface area contributed by atoms with Crippen LogP contribution >= 0.6 is 11.9 Å². The molecule has 13 heteroatoms. The minimum Gasteiger partial charge on any atom is -0.483 e. The number of alkyl halides is 3. The van der Waals surface area contributed by atoms with Gasteiger partial charge in [0.15, 0.2) is 5.88 Å². The van der Waals surface area contributed by atoms with E-state index >= 15 is 0 Å². The van der Waals surface area contributed by atoms with Crippen LogP contribution in [0.15, 0.2) is 65.9 Å². The molecule has 1 atom stereocenters. The zero-order valence-corrected chi connectivity index (χ0v) is 28.0. The molecule has 1 aromatic heterocycles. The van der Waals surface area contributed by atoms with Crippen molar-refractivity contribution in [2.24, 2.45) is 10.8 Å². The van der Waals surface area contributed by atoms with Crippen molar-refractivity contribution in [3.63, 3.8) is 0 Å². The maximum Gasteiger partial charge on any atom is 0.394 e. The number of halogens is 3. The summed E-state index contributed by atoms with van der Waals surface area (Å²) in [7, 11) is 1.60. The van der Waals surface area contributed by atoms with Crippen molar-refractivity contribution in [2.45, 2.75) is 69.1 Å². The highest BCUT2D eigenvalue weighted by Crippen LogP contribution is 2.60. The van der Waals surface area contributed by atoms with Crippen molar-refractivity contribution in [2.75, 3.05) is 31.5 Å². The lowest BCUT2D eigenvalue weighted by Crippen LogP contribution is -2.66. The second-order valence-corrected chi connectivity index (χ2v) is 14.3. The number of aromatic nitrogens is 2. The first kappa shape index (κ1) is 33.9. The van der Waals surface area contributed by atoms with Gasteiger partial charge in [-0.1, -0.05) is 24.3 Å². The quantitative estimate of drug-likeness (QED) is 0.119. The SMILES string of the molecule is C=C(OC)N1CC2(CC(NC(COc3cc(-c4c(C)cccc4C)nc(NSc4cccc(C(=O)O)c4)n3)CC3(C(F)(F)F)CC3)C2)C1. The van der Waals surface area contributed by atoms with Crippen molar-refractivity contribution in [3.05, 3.63) is 77.7 Å². The van der Waals surface area contributed by atoms with E-state index in [1.807, 2.05) is 32.0 Å². The van der Waals surface area contributed by atoms with Crippen LogP contribution in [0.25, 0.3) is 11.3 Å². The van der Waals surface area contributed by atoms with Gasteiger partial charge in [0.2, 0.25) is 11.8 Å². The van der Waals surface area contributed by atoms with Gasteiger partial charge < -0.3 is 24.8 Å². The van der Waals surface area contributed by atoms with Gasteiger partial charge in [0, 0.05) is 47.1 Å². The highest BCUT2D eigenvalue weighted by atomic mass is 32.2. The molecule has 3 fully saturated rings. The van der Waals surface area contributed by atoms with Crippen LogP contribution in [0.2, 0.25) is 0 Å². The molecule has 6 rings (SSSR count). The smallest absolute Gasteiger partial charge is 0.394 e. The second-order valence-electron chi connectivity index (χ2n) is 13.4. The third kappa shape index (κ3) is 7.21. The van der Waals surface area contributed by atoms with E-state index in [2.05, 4.69) is 26.5 Å². The van der Waals surface area contributed by atoms with E-state index in [0.717, 1.165) is 54.6 Å². The van der Waals surface area contributed by atoms with E-state index in [1.54, 1.807) is 25.3 Å². The number of hydrogen-bond acceptors (Lipinski definition) is 9. The fraction of sp³-hybridized carbons (Fsp3) is 0.457. The molecule has 256 valence electrons. The molecular formula is C35H40F3N5O4S. The van der Waals surface area contributed by atoms with Crippen molar-refractivity contribution in [3.8, 4) is 17.1 Å². The summed E-state index contributed by atoms with van der Waals surface area (Å²) >= 11 is 1.15.